The van der Waals surface area contributed by atoms with Crippen LogP contribution in [0, 0.1) is 0 Å². The Kier molecular flexibility index (Phi) is 4.38. The Labute approximate surface area is 156 Å². The van der Waals surface area contributed by atoms with Crippen LogP contribution in [-0.4, -0.2) is 25.7 Å². The number of nitrogens with zero attached hydrogens (tertiary/aromatic N) is 4. The van der Waals surface area contributed by atoms with Gasteiger partial charge in [0.1, 0.15) is 17.8 Å². The van der Waals surface area contributed by atoms with Gasteiger partial charge in [0.15, 0.2) is 5.82 Å². The molecule has 0 aliphatic heterocycles. The van der Waals surface area contributed by atoms with Crippen molar-refractivity contribution in [3.8, 4) is 11.5 Å². The molecule has 4 aromatic rings. The summed E-state index contributed by atoms with van der Waals surface area (Å²) in [6.45, 7) is 4.11. The molecule has 0 atom stereocenters. The Balaban J connectivity index is 1.60. The van der Waals surface area contributed by atoms with Gasteiger partial charge in [0.2, 0.25) is 0 Å². The third kappa shape index (κ3) is 3.42. The molecular weight excluding hydrogens is 338 g/mol. The van der Waals surface area contributed by atoms with Gasteiger partial charge in [-0.15, -0.1) is 10.2 Å². The van der Waals surface area contributed by atoms with E-state index in [1.165, 1.54) is 0 Å². The third-order valence-corrected chi connectivity index (χ3v) is 4.36. The van der Waals surface area contributed by atoms with Crippen molar-refractivity contribution in [3.63, 3.8) is 0 Å². The van der Waals surface area contributed by atoms with Crippen molar-refractivity contribution in [2.75, 3.05) is 5.32 Å². The number of carbonyl (C=O) groups is 1. The molecule has 1 N–H and O–H groups in total. The smallest absolute Gasteiger partial charge is 0.256 e. The fourth-order valence-electron chi connectivity index (χ4n) is 2.95. The minimum atomic E-state index is -0.198. The highest BCUT2D eigenvalue weighted by Gasteiger charge is 2.13. The Bertz CT molecular complexity index is 1120. The lowest BCUT2D eigenvalue weighted by Gasteiger charge is -2.11. The van der Waals surface area contributed by atoms with Crippen LogP contribution in [0.25, 0.3) is 22.3 Å². The van der Waals surface area contributed by atoms with Crippen molar-refractivity contribution in [1.82, 2.24) is 19.7 Å². The van der Waals surface area contributed by atoms with E-state index in [9.17, 15) is 4.79 Å². The lowest BCUT2D eigenvalue weighted by molar-refractivity contribution is 0.102. The van der Waals surface area contributed by atoms with Crippen LogP contribution in [0.4, 0.5) is 5.82 Å². The Morgan fingerprint density at radius 2 is 1.81 bits per heavy atom. The van der Waals surface area contributed by atoms with Gasteiger partial charge in [-0.3, -0.25) is 4.79 Å². The SMILES string of the molecule is CC(C)n1cnnc1-c1cccc(NC(=O)c2ccc3ccccc3c2)n1. The standard InChI is InChI=1S/C21H19N5O/c1-14(2)26-13-22-25-20(26)18-8-5-9-19(23-18)24-21(27)17-11-10-15-6-3-4-7-16(15)12-17/h3-14H,1-2H3,(H,23,24,27). The molecule has 0 saturated carbocycles. The summed E-state index contributed by atoms with van der Waals surface area (Å²) >= 11 is 0. The van der Waals surface area contributed by atoms with Crippen LogP contribution in [0.5, 0.6) is 0 Å². The summed E-state index contributed by atoms with van der Waals surface area (Å²) in [7, 11) is 0. The summed E-state index contributed by atoms with van der Waals surface area (Å²) in [6.07, 6.45) is 1.68. The minimum Gasteiger partial charge on any atom is -0.310 e. The van der Waals surface area contributed by atoms with Gasteiger partial charge in [-0.2, -0.15) is 0 Å². The van der Waals surface area contributed by atoms with E-state index in [4.69, 9.17) is 0 Å². The van der Waals surface area contributed by atoms with E-state index in [0.29, 0.717) is 22.9 Å². The molecule has 0 unspecified atom stereocenters. The van der Waals surface area contributed by atoms with E-state index in [1.54, 1.807) is 12.4 Å². The molecule has 0 fully saturated rings. The molecule has 0 aliphatic carbocycles. The largest absolute Gasteiger partial charge is 0.310 e. The maximum absolute atomic E-state index is 12.6. The Hall–Kier alpha value is -3.54. The molecule has 0 aliphatic rings. The zero-order valence-corrected chi connectivity index (χ0v) is 15.1. The van der Waals surface area contributed by atoms with Gasteiger partial charge < -0.3 is 9.88 Å². The molecule has 0 spiro atoms. The second-order valence-corrected chi connectivity index (χ2v) is 6.58. The number of fused-ring (bicyclic) bond motifs is 1. The number of pyridine rings is 1. The number of aromatic nitrogens is 4. The number of anilines is 1. The minimum absolute atomic E-state index is 0.198. The van der Waals surface area contributed by atoms with Crippen molar-refractivity contribution < 1.29 is 4.79 Å². The van der Waals surface area contributed by atoms with Gasteiger partial charge in [-0.05, 0) is 48.9 Å². The lowest BCUT2D eigenvalue weighted by atomic mass is 10.1. The molecule has 0 saturated heterocycles. The number of amides is 1. The fourth-order valence-corrected chi connectivity index (χ4v) is 2.95. The molecule has 0 bridgehead atoms. The maximum Gasteiger partial charge on any atom is 0.256 e. The highest BCUT2D eigenvalue weighted by atomic mass is 16.1. The molecule has 1 amide bonds. The van der Waals surface area contributed by atoms with Crippen molar-refractivity contribution in [2.24, 2.45) is 0 Å². The number of rotatable bonds is 4. The Morgan fingerprint density at radius 1 is 1.00 bits per heavy atom. The van der Waals surface area contributed by atoms with Crippen LogP contribution < -0.4 is 5.32 Å². The summed E-state index contributed by atoms with van der Waals surface area (Å²) < 4.78 is 1.94. The summed E-state index contributed by atoms with van der Waals surface area (Å²) in [5.41, 5.74) is 1.25. The highest BCUT2D eigenvalue weighted by Crippen LogP contribution is 2.21. The number of hydrogen-bond acceptors (Lipinski definition) is 4. The molecule has 27 heavy (non-hydrogen) atoms. The van der Waals surface area contributed by atoms with Crippen LogP contribution in [-0.2, 0) is 0 Å². The monoisotopic (exact) mass is 357 g/mol. The van der Waals surface area contributed by atoms with E-state index in [1.807, 2.05) is 59.2 Å². The number of carbonyl (C=O) groups excluding carboxylic acids is 1. The summed E-state index contributed by atoms with van der Waals surface area (Å²) in [6, 6.07) is 19.3. The highest BCUT2D eigenvalue weighted by molar-refractivity contribution is 6.06. The van der Waals surface area contributed by atoms with Crippen molar-refractivity contribution in [3.05, 3.63) is 72.6 Å². The zero-order valence-electron chi connectivity index (χ0n) is 15.1. The average molecular weight is 357 g/mol. The first-order valence-electron chi connectivity index (χ1n) is 8.79. The third-order valence-electron chi connectivity index (χ3n) is 4.36. The van der Waals surface area contributed by atoms with Gasteiger partial charge >= 0.3 is 0 Å². The first-order chi connectivity index (χ1) is 13.1. The maximum atomic E-state index is 12.6. The summed E-state index contributed by atoms with van der Waals surface area (Å²) in [4.78, 5) is 17.2. The van der Waals surface area contributed by atoms with Crippen molar-refractivity contribution in [1.29, 1.82) is 0 Å². The molecule has 6 heteroatoms. The summed E-state index contributed by atoms with van der Waals surface area (Å²) in [5, 5.41) is 13.1. The number of nitrogens with one attached hydrogen (secondary N) is 1. The van der Waals surface area contributed by atoms with E-state index in [2.05, 4.69) is 34.3 Å². The topological polar surface area (TPSA) is 72.7 Å². The van der Waals surface area contributed by atoms with Gasteiger partial charge in [0.05, 0.1) is 0 Å². The van der Waals surface area contributed by atoms with E-state index in [0.717, 1.165) is 10.8 Å². The van der Waals surface area contributed by atoms with Crippen LogP contribution in [0.1, 0.15) is 30.2 Å². The second kappa shape index (κ2) is 6.99. The fraction of sp³-hybridized carbons (Fsp3) is 0.143. The first kappa shape index (κ1) is 16.9. The first-order valence-corrected chi connectivity index (χ1v) is 8.79. The molecule has 4 rings (SSSR count). The van der Waals surface area contributed by atoms with Gasteiger partial charge in [-0.1, -0.05) is 36.4 Å². The van der Waals surface area contributed by atoms with Gasteiger partial charge in [0, 0.05) is 11.6 Å². The predicted octanol–water partition coefficient (Wildman–Crippen LogP) is 4.33. The molecule has 2 aromatic heterocycles. The van der Waals surface area contributed by atoms with Crippen LogP contribution in [0.3, 0.4) is 0 Å². The number of benzene rings is 2. The molecule has 2 aromatic carbocycles. The average Bonchev–Trinajstić information content (AvgIpc) is 3.18. The molecule has 2 heterocycles. The van der Waals surface area contributed by atoms with Crippen molar-refractivity contribution in [2.45, 2.75) is 19.9 Å². The van der Waals surface area contributed by atoms with Gasteiger partial charge in [-0.25, -0.2) is 4.98 Å². The lowest BCUT2D eigenvalue weighted by Crippen LogP contribution is -2.13. The molecule has 6 nitrogen and oxygen atoms in total. The van der Waals surface area contributed by atoms with E-state index in [-0.39, 0.29) is 11.9 Å². The Morgan fingerprint density at radius 3 is 2.63 bits per heavy atom. The van der Waals surface area contributed by atoms with Gasteiger partial charge in [0.25, 0.3) is 5.91 Å². The number of hydrogen-bond donors (Lipinski definition) is 1. The molecule has 0 radical (unpaired) electrons. The van der Waals surface area contributed by atoms with E-state index >= 15 is 0 Å². The normalized spacial score (nSPS) is 11.1. The molecular formula is C21H19N5O. The zero-order chi connectivity index (χ0) is 18.8. The molecule has 134 valence electrons. The predicted molar refractivity (Wildman–Crippen MR) is 106 cm³/mol. The van der Waals surface area contributed by atoms with Crippen LogP contribution in [0.15, 0.2) is 67.0 Å². The summed E-state index contributed by atoms with van der Waals surface area (Å²) in [5.74, 6) is 0.950. The van der Waals surface area contributed by atoms with Crippen LogP contribution in [0.2, 0.25) is 0 Å². The quantitative estimate of drug-likeness (QED) is 0.590. The second-order valence-electron chi connectivity index (χ2n) is 6.58. The van der Waals surface area contributed by atoms with Crippen LogP contribution >= 0.6 is 0 Å². The van der Waals surface area contributed by atoms with E-state index < -0.39 is 0 Å². The van der Waals surface area contributed by atoms with Crippen molar-refractivity contribution >= 4 is 22.5 Å².